The van der Waals surface area contributed by atoms with Gasteiger partial charge >= 0.3 is 0 Å². The fourth-order valence-electron chi connectivity index (χ4n) is 1.43. The largest absolute Gasteiger partial charge is 0.436 e. The Balaban J connectivity index is 2.39. The molecule has 0 radical (unpaired) electrons. The van der Waals surface area contributed by atoms with E-state index in [9.17, 15) is 14.4 Å². The van der Waals surface area contributed by atoms with Crippen LogP contribution >= 0.6 is 0 Å². The van der Waals surface area contributed by atoms with E-state index in [1.54, 1.807) is 6.92 Å². The zero-order chi connectivity index (χ0) is 14.3. The number of aromatic nitrogens is 1. The predicted octanol–water partition coefficient (Wildman–Crippen LogP) is 0.408. The third kappa shape index (κ3) is 4.90. The molecule has 0 aliphatic heterocycles. The molecule has 104 valence electrons. The molecule has 1 rings (SSSR count). The van der Waals surface area contributed by atoms with Gasteiger partial charge in [0, 0.05) is 18.9 Å². The summed E-state index contributed by atoms with van der Waals surface area (Å²) in [6.07, 6.45) is 2.93. The van der Waals surface area contributed by atoms with Gasteiger partial charge in [0.25, 0.3) is 5.91 Å². The molecule has 0 fully saturated rings. The molecule has 0 bridgehead atoms. The van der Waals surface area contributed by atoms with E-state index < -0.39 is 0 Å². The number of rotatable bonds is 7. The van der Waals surface area contributed by atoms with Gasteiger partial charge in [0.1, 0.15) is 0 Å². The van der Waals surface area contributed by atoms with Crippen LogP contribution in [0.15, 0.2) is 10.6 Å². The van der Waals surface area contributed by atoms with E-state index in [1.165, 1.54) is 6.20 Å². The van der Waals surface area contributed by atoms with Gasteiger partial charge in [-0.25, -0.2) is 4.98 Å². The topological polar surface area (TPSA) is 101 Å². The number of imide groups is 1. The second-order valence-corrected chi connectivity index (χ2v) is 4.07. The van der Waals surface area contributed by atoms with Crippen LogP contribution in [-0.2, 0) is 16.0 Å². The molecule has 19 heavy (non-hydrogen) atoms. The number of amides is 3. The maximum atomic E-state index is 11.8. The Morgan fingerprint density at radius 2 is 2.26 bits per heavy atom. The standard InChI is InChI=1S/C12H17N3O4/c1-3-11-13-6-9(19-11)12(18)15-8(2)4-5-10(17)14-7-16/h6-8H,3-5H2,1-2H3,(H,15,18)(H,14,16,17). The van der Waals surface area contributed by atoms with Crippen LogP contribution in [0.25, 0.3) is 0 Å². The van der Waals surface area contributed by atoms with Crippen molar-refractivity contribution >= 4 is 18.2 Å². The molecular formula is C12H17N3O4. The molecular weight excluding hydrogens is 250 g/mol. The summed E-state index contributed by atoms with van der Waals surface area (Å²) in [7, 11) is 0. The number of hydrogen-bond donors (Lipinski definition) is 2. The van der Waals surface area contributed by atoms with E-state index in [0.717, 1.165) is 0 Å². The molecule has 0 aliphatic carbocycles. The van der Waals surface area contributed by atoms with Crippen molar-refractivity contribution < 1.29 is 18.8 Å². The van der Waals surface area contributed by atoms with Crippen molar-refractivity contribution in [2.24, 2.45) is 0 Å². The summed E-state index contributed by atoms with van der Waals surface area (Å²) in [5.74, 6) is -0.0799. The Hall–Kier alpha value is -2.18. The first kappa shape index (κ1) is 14.9. The Bertz CT molecular complexity index is 456. The Kier molecular flexibility index (Phi) is 5.72. The predicted molar refractivity (Wildman–Crippen MR) is 66.2 cm³/mol. The van der Waals surface area contributed by atoms with E-state index in [-0.39, 0.29) is 30.0 Å². The van der Waals surface area contributed by atoms with Crippen LogP contribution in [0.1, 0.15) is 43.1 Å². The van der Waals surface area contributed by atoms with Crippen LogP contribution in [0.5, 0.6) is 0 Å². The van der Waals surface area contributed by atoms with E-state index in [1.807, 2.05) is 12.2 Å². The molecule has 0 saturated carbocycles. The van der Waals surface area contributed by atoms with Crippen molar-refractivity contribution in [1.29, 1.82) is 0 Å². The van der Waals surface area contributed by atoms with E-state index in [0.29, 0.717) is 25.1 Å². The molecule has 1 heterocycles. The number of nitrogens with zero attached hydrogens (tertiary/aromatic N) is 1. The fourth-order valence-corrected chi connectivity index (χ4v) is 1.43. The molecule has 1 aromatic rings. The van der Waals surface area contributed by atoms with Gasteiger partial charge in [0.15, 0.2) is 5.89 Å². The molecule has 0 aliphatic rings. The highest BCUT2D eigenvalue weighted by molar-refractivity contribution is 5.91. The third-order valence-corrected chi connectivity index (χ3v) is 2.48. The normalized spacial score (nSPS) is 11.7. The van der Waals surface area contributed by atoms with Gasteiger partial charge in [-0.1, -0.05) is 6.92 Å². The molecule has 1 atom stereocenters. The number of hydrogen-bond acceptors (Lipinski definition) is 5. The lowest BCUT2D eigenvalue weighted by Crippen LogP contribution is -2.33. The first-order chi connectivity index (χ1) is 9.06. The summed E-state index contributed by atoms with van der Waals surface area (Å²) >= 11 is 0. The van der Waals surface area contributed by atoms with Crippen LogP contribution in [0.3, 0.4) is 0 Å². The minimum atomic E-state index is -0.371. The minimum Gasteiger partial charge on any atom is -0.436 e. The van der Waals surface area contributed by atoms with Crippen molar-refractivity contribution in [3.8, 4) is 0 Å². The first-order valence-corrected chi connectivity index (χ1v) is 6.05. The van der Waals surface area contributed by atoms with Gasteiger partial charge in [-0.3, -0.25) is 19.7 Å². The average Bonchev–Trinajstić information content (AvgIpc) is 2.85. The summed E-state index contributed by atoms with van der Waals surface area (Å²) in [6.45, 7) is 3.64. The van der Waals surface area contributed by atoms with Gasteiger partial charge < -0.3 is 9.73 Å². The summed E-state index contributed by atoms with van der Waals surface area (Å²) in [5, 5.41) is 4.73. The molecule has 1 unspecified atom stereocenters. The molecule has 7 nitrogen and oxygen atoms in total. The number of aryl methyl sites for hydroxylation is 1. The molecule has 2 N–H and O–H groups in total. The highest BCUT2D eigenvalue weighted by Gasteiger charge is 2.15. The fraction of sp³-hybridized carbons (Fsp3) is 0.500. The van der Waals surface area contributed by atoms with Crippen molar-refractivity contribution in [3.05, 3.63) is 17.8 Å². The van der Waals surface area contributed by atoms with Crippen molar-refractivity contribution in [2.45, 2.75) is 39.2 Å². The average molecular weight is 267 g/mol. The molecule has 0 aromatic carbocycles. The van der Waals surface area contributed by atoms with Crippen LogP contribution in [0, 0.1) is 0 Å². The van der Waals surface area contributed by atoms with E-state index in [4.69, 9.17) is 4.42 Å². The molecule has 7 heteroatoms. The SMILES string of the molecule is CCc1ncc(C(=O)NC(C)CCC(=O)NC=O)o1. The maximum Gasteiger partial charge on any atom is 0.288 e. The molecule has 0 spiro atoms. The van der Waals surface area contributed by atoms with Crippen LogP contribution < -0.4 is 10.6 Å². The second-order valence-electron chi connectivity index (χ2n) is 4.07. The van der Waals surface area contributed by atoms with Crippen LogP contribution in [0.2, 0.25) is 0 Å². The van der Waals surface area contributed by atoms with Gasteiger partial charge in [0.05, 0.1) is 6.20 Å². The van der Waals surface area contributed by atoms with Crippen LogP contribution in [0.4, 0.5) is 0 Å². The van der Waals surface area contributed by atoms with E-state index in [2.05, 4.69) is 10.3 Å². The number of nitrogens with one attached hydrogen (secondary N) is 2. The highest BCUT2D eigenvalue weighted by Crippen LogP contribution is 2.05. The van der Waals surface area contributed by atoms with Gasteiger partial charge in [-0.15, -0.1) is 0 Å². The second kappa shape index (κ2) is 7.30. The zero-order valence-electron chi connectivity index (χ0n) is 10.9. The van der Waals surface area contributed by atoms with Crippen LogP contribution in [-0.4, -0.2) is 29.3 Å². The molecule has 0 saturated heterocycles. The van der Waals surface area contributed by atoms with E-state index >= 15 is 0 Å². The van der Waals surface area contributed by atoms with Crippen molar-refractivity contribution in [1.82, 2.24) is 15.6 Å². The van der Waals surface area contributed by atoms with Gasteiger partial charge in [0.2, 0.25) is 18.1 Å². The lowest BCUT2D eigenvalue weighted by Gasteiger charge is -2.11. The molecule has 1 aromatic heterocycles. The first-order valence-electron chi connectivity index (χ1n) is 6.05. The summed E-state index contributed by atoms with van der Waals surface area (Å²) in [5.41, 5.74) is 0. The smallest absolute Gasteiger partial charge is 0.288 e. The summed E-state index contributed by atoms with van der Waals surface area (Å²) < 4.78 is 5.21. The quantitative estimate of drug-likeness (QED) is 0.697. The monoisotopic (exact) mass is 267 g/mol. The Labute approximate surface area is 110 Å². The summed E-state index contributed by atoms with van der Waals surface area (Å²) in [4.78, 5) is 36.8. The lowest BCUT2D eigenvalue weighted by molar-refractivity contribution is -0.125. The van der Waals surface area contributed by atoms with Crippen molar-refractivity contribution in [2.75, 3.05) is 0 Å². The van der Waals surface area contributed by atoms with Gasteiger partial charge in [-0.2, -0.15) is 0 Å². The van der Waals surface area contributed by atoms with Gasteiger partial charge in [-0.05, 0) is 13.3 Å². The number of carbonyl (C=O) groups excluding carboxylic acids is 3. The Morgan fingerprint density at radius 3 is 2.84 bits per heavy atom. The summed E-state index contributed by atoms with van der Waals surface area (Å²) in [6, 6.07) is -0.208. The number of oxazole rings is 1. The Morgan fingerprint density at radius 1 is 1.53 bits per heavy atom. The maximum absolute atomic E-state index is 11.8. The lowest BCUT2D eigenvalue weighted by atomic mass is 10.1. The third-order valence-electron chi connectivity index (χ3n) is 2.48. The van der Waals surface area contributed by atoms with Crippen molar-refractivity contribution in [3.63, 3.8) is 0 Å². The molecule has 3 amide bonds. The number of carbonyl (C=O) groups is 3. The minimum absolute atomic E-state index is 0.154. The zero-order valence-corrected chi connectivity index (χ0v) is 10.9. The highest BCUT2D eigenvalue weighted by atomic mass is 16.4.